The Hall–Kier alpha value is -2.57. The molecule has 31 heavy (non-hydrogen) atoms. The average molecular weight is 431 g/mol. The summed E-state index contributed by atoms with van der Waals surface area (Å²) >= 11 is 0. The molecule has 0 aromatic heterocycles. The summed E-state index contributed by atoms with van der Waals surface area (Å²) in [4.78, 5) is 39.7. The van der Waals surface area contributed by atoms with Crippen LogP contribution in [0.5, 0.6) is 0 Å². The molecule has 1 fully saturated rings. The Morgan fingerprint density at radius 2 is 1.87 bits per heavy atom. The minimum atomic E-state index is -0.990. The highest BCUT2D eigenvalue weighted by Crippen LogP contribution is 2.22. The Labute approximate surface area is 184 Å². The van der Waals surface area contributed by atoms with E-state index in [0.29, 0.717) is 13.1 Å². The van der Waals surface area contributed by atoms with Crippen LogP contribution >= 0.6 is 0 Å². The molecule has 0 bridgehead atoms. The normalized spacial score (nSPS) is 17.4. The van der Waals surface area contributed by atoms with Crippen LogP contribution in [-0.2, 0) is 32.0 Å². The first-order valence-electron chi connectivity index (χ1n) is 11.5. The molecule has 1 heterocycles. The van der Waals surface area contributed by atoms with Gasteiger partial charge < -0.3 is 19.7 Å². The van der Waals surface area contributed by atoms with Crippen LogP contribution in [0.2, 0.25) is 0 Å². The largest absolute Gasteiger partial charge is 0.462 e. The lowest BCUT2D eigenvalue weighted by Crippen LogP contribution is -2.51. The van der Waals surface area contributed by atoms with Gasteiger partial charge in [-0.1, -0.05) is 44.0 Å². The topological polar surface area (TPSA) is 84.9 Å². The van der Waals surface area contributed by atoms with Crippen LogP contribution in [0.4, 0.5) is 4.79 Å². The fourth-order valence-corrected chi connectivity index (χ4v) is 4.18. The molecular formula is C24H34N2O5. The average Bonchev–Trinajstić information content (AvgIpc) is 2.78. The Balaban J connectivity index is 1.63. The molecule has 0 radical (unpaired) electrons. The number of nitrogens with zero attached hydrogens (tertiary/aromatic N) is 1. The number of unbranched alkanes of at least 4 members (excludes halogenated alkanes) is 1. The number of alkyl carbamates (subject to hydrolysis) is 1. The summed E-state index contributed by atoms with van der Waals surface area (Å²) in [5.41, 5.74) is 2.32. The fraction of sp³-hybridized carbons (Fsp3) is 0.625. The summed E-state index contributed by atoms with van der Waals surface area (Å²) in [5, 5.41) is 2.61. The summed E-state index contributed by atoms with van der Waals surface area (Å²) in [6.45, 7) is 3.31. The smallest absolute Gasteiger partial charge is 0.407 e. The Kier molecular flexibility index (Phi) is 8.74. The second-order valence-corrected chi connectivity index (χ2v) is 8.42. The highest BCUT2D eigenvalue weighted by molar-refractivity contribution is 5.89. The first kappa shape index (κ1) is 23.1. The molecule has 170 valence electrons. The van der Waals surface area contributed by atoms with E-state index < -0.39 is 18.1 Å². The third-order valence-corrected chi connectivity index (χ3v) is 5.98. The van der Waals surface area contributed by atoms with Crippen LogP contribution in [0.15, 0.2) is 24.3 Å². The van der Waals surface area contributed by atoms with Crippen LogP contribution in [-0.4, -0.2) is 48.2 Å². The third-order valence-electron chi connectivity index (χ3n) is 5.98. The van der Waals surface area contributed by atoms with Crippen molar-refractivity contribution in [2.75, 3.05) is 13.2 Å². The number of fused-ring (bicyclic) bond motifs is 1. The molecule has 1 aromatic rings. The van der Waals surface area contributed by atoms with Crippen LogP contribution in [0.3, 0.4) is 0 Å². The Bertz CT molecular complexity index is 760. The van der Waals surface area contributed by atoms with Crippen LogP contribution in [0.25, 0.3) is 0 Å². The van der Waals surface area contributed by atoms with Gasteiger partial charge in [0.1, 0.15) is 12.1 Å². The zero-order valence-corrected chi connectivity index (χ0v) is 18.4. The van der Waals surface area contributed by atoms with Crippen molar-refractivity contribution in [3.8, 4) is 0 Å². The van der Waals surface area contributed by atoms with Gasteiger partial charge in [-0.05, 0) is 49.7 Å². The number of hydrogen-bond donors (Lipinski definition) is 1. The van der Waals surface area contributed by atoms with Crippen LogP contribution in [0, 0.1) is 0 Å². The summed E-state index contributed by atoms with van der Waals surface area (Å²) in [6, 6.07) is 7.03. The second kappa shape index (κ2) is 11.7. The number of hydrogen-bond acceptors (Lipinski definition) is 5. The standard InChI is InChI=1S/C24H34N2O5/c1-2-3-15-30-24(29)25-21(16-22(27)31-20-11-5-4-6-12-20)23(28)26-14-13-18-9-7-8-10-19(18)17-26/h7-10,20-21H,2-6,11-17H2,1H3,(H,25,29)/t21-/m0/s1. The highest BCUT2D eigenvalue weighted by atomic mass is 16.6. The number of benzene rings is 1. The van der Waals surface area contributed by atoms with Crippen molar-refractivity contribution in [2.24, 2.45) is 0 Å². The van der Waals surface area contributed by atoms with E-state index in [1.165, 1.54) is 5.56 Å². The van der Waals surface area contributed by atoms with Gasteiger partial charge in [-0.3, -0.25) is 9.59 Å². The Morgan fingerprint density at radius 1 is 1.13 bits per heavy atom. The maximum atomic E-state index is 13.2. The molecule has 2 amide bonds. The van der Waals surface area contributed by atoms with Crippen LogP contribution < -0.4 is 5.32 Å². The number of ether oxygens (including phenoxy) is 2. The molecule has 1 N–H and O–H groups in total. The lowest BCUT2D eigenvalue weighted by molar-refractivity contribution is -0.153. The maximum Gasteiger partial charge on any atom is 0.407 e. The summed E-state index contributed by atoms with van der Waals surface area (Å²) in [7, 11) is 0. The first-order chi connectivity index (χ1) is 15.1. The molecular weight excluding hydrogens is 396 g/mol. The molecule has 7 heteroatoms. The molecule has 0 spiro atoms. The van der Waals surface area contributed by atoms with E-state index >= 15 is 0 Å². The van der Waals surface area contributed by atoms with Crippen molar-refractivity contribution in [1.29, 1.82) is 0 Å². The second-order valence-electron chi connectivity index (χ2n) is 8.42. The fourth-order valence-electron chi connectivity index (χ4n) is 4.18. The van der Waals surface area contributed by atoms with E-state index in [0.717, 1.165) is 56.9 Å². The predicted octanol–water partition coefficient (Wildman–Crippen LogP) is 3.73. The molecule has 1 saturated carbocycles. The maximum absolute atomic E-state index is 13.2. The van der Waals surface area contributed by atoms with E-state index in [4.69, 9.17) is 9.47 Å². The monoisotopic (exact) mass is 430 g/mol. The van der Waals surface area contributed by atoms with E-state index in [2.05, 4.69) is 11.4 Å². The third kappa shape index (κ3) is 6.97. The summed E-state index contributed by atoms with van der Waals surface area (Å²) < 4.78 is 10.8. The lowest BCUT2D eigenvalue weighted by atomic mass is 9.97. The van der Waals surface area contributed by atoms with Crippen molar-refractivity contribution in [1.82, 2.24) is 10.2 Å². The van der Waals surface area contributed by atoms with Crippen LogP contribution in [0.1, 0.15) is 69.4 Å². The van der Waals surface area contributed by atoms with Crippen molar-refractivity contribution < 1.29 is 23.9 Å². The number of carbonyl (C=O) groups excluding carboxylic acids is 3. The molecule has 0 unspecified atom stereocenters. The zero-order chi connectivity index (χ0) is 22.1. The summed E-state index contributed by atoms with van der Waals surface area (Å²) in [6.07, 6.45) is 6.44. The van der Waals surface area contributed by atoms with E-state index in [1.807, 2.05) is 25.1 Å². The molecule has 1 aliphatic heterocycles. The van der Waals surface area contributed by atoms with Gasteiger partial charge in [0.2, 0.25) is 5.91 Å². The molecule has 1 atom stereocenters. The number of rotatable bonds is 8. The van der Waals surface area contributed by atoms with Crippen molar-refractivity contribution >= 4 is 18.0 Å². The number of nitrogens with one attached hydrogen (secondary N) is 1. The van der Waals surface area contributed by atoms with Crippen molar-refractivity contribution in [2.45, 2.75) is 83.4 Å². The van der Waals surface area contributed by atoms with Gasteiger partial charge in [-0.15, -0.1) is 0 Å². The Morgan fingerprint density at radius 3 is 2.61 bits per heavy atom. The van der Waals surface area contributed by atoms with Gasteiger partial charge in [0.15, 0.2) is 0 Å². The first-order valence-corrected chi connectivity index (χ1v) is 11.5. The van der Waals surface area contributed by atoms with Crippen molar-refractivity contribution in [3.63, 3.8) is 0 Å². The molecule has 3 rings (SSSR count). The van der Waals surface area contributed by atoms with Crippen molar-refractivity contribution in [3.05, 3.63) is 35.4 Å². The van der Waals surface area contributed by atoms with Gasteiger partial charge >= 0.3 is 12.1 Å². The SMILES string of the molecule is CCCCOC(=O)N[C@@H](CC(=O)OC1CCCCC1)C(=O)N1CCc2ccccc2C1. The quantitative estimate of drug-likeness (QED) is 0.502. The molecule has 1 aliphatic carbocycles. The predicted molar refractivity (Wildman–Crippen MR) is 116 cm³/mol. The molecule has 2 aliphatic rings. The lowest BCUT2D eigenvalue weighted by Gasteiger charge is -2.32. The minimum absolute atomic E-state index is 0.0876. The van der Waals surface area contributed by atoms with E-state index in [-0.39, 0.29) is 25.0 Å². The molecule has 7 nitrogen and oxygen atoms in total. The van der Waals surface area contributed by atoms with Gasteiger partial charge in [0, 0.05) is 13.1 Å². The van der Waals surface area contributed by atoms with Gasteiger partial charge in [-0.2, -0.15) is 0 Å². The van der Waals surface area contributed by atoms with Gasteiger partial charge in [0.05, 0.1) is 13.0 Å². The number of esters is 1. The van der Waals surface area contributed by atoms with E-state index in [9.17, 15) is 14.4 Å². The summed E-state index contributed by atoms with van der Waals surface area (Å²) in [5.74, 6) is -0.723. The number of amides is 2. The highest BCUT2D eigenvalue weighted by Gasteiger charge is 2.32. The zero-order valence-electron chi connectivity index (χ0n) is 18.4. The van der Waals surface area contributed by atoms with Gasteiger partial charge in [-0.25, -0.2) is 4.79 Å². The van der Waals surface area contributed by atoms with Gasteiger partial charge in [0.25, 0.3) is 0 Å². The molecule has 1 aromatic carbocycles. The minimum Gasteiger partial charge on any atom is -0.462 e. The number of carbonyl (C=O) groups is 3. The van der Waals surface area contributed by atoms with E-state index in [1.54, 1.807) is 4.90 Å². The molecule has 0 saturated heterocycles.